The highest BCUT2D eigenvalue weighted by atomic mass is 16.6. The number of benzene rings is 3. The first-order chi connectivity index (χ1) is 16.7. The minimum absolute atomic E-state index is 0.0878. The predicted octanol–water partition coefficient (Wildman–Crippen LogP) is 4.09. The van der Waals surface area contributed by atoms with E-state index in [0.717, 1.165) is 11.1 Å². The number of anilines is 1. The van der Waals surface area contributed by atoms with Crippen LogP contribution in [0, 0.1) is 20.8 Å². The molecule has 0 saturated heterocycles. The number of hydrogen-bond acceptors (Lipinski definition) is 6. The highest BCUT2D eigenvalue weighted by Crippen LogP contribution is 2.18. The molecular weight excluding hydrogens is 450 g/mol. The van der Waals surface area contributed by atoms with Gasteiger partial charge in [-0.05, 0) is 56.7 Å². The molecule has 0 unspecified atom stereocenters. The van der Waals surface area contributed by atoms with Crippen LogP contribution in [-0.2, 0) is 19.1 Å². The molecule has 0 aliphatic heterocycles. The molecule has 2 N–H and O–H groups in total. The van der Waals surface area contributed by atoms with Crippen LogP contribution in [0.4, 0.5) is 5.69 Å². The lowest BCUT2D eigenvalue weighted by Gasteiger charge is -2.24. The zero-order valence-corrected chi connectivity index (χ0v) is 19.5. The number of amides is 1. The van der Waals surface area contributed by atoms with Gasteiger partial charge < -0.3 is 19.9 Å². The Morgan fingerprint density at radius 2 is 1.14 bits per heavy atom. The second-order valence-corrected chi connectivity index (χ2v) is 8.03. The van der Waals surface area contributed by atoms with Crippen molar-refractivity contribution in [1.82, 2.24) is 0 Å². The topological polar surface area (TPSA) is 119 Å². The maximum Gasteiger partial charge on any atom is 0.349 e. The van der Waals surface area contributed by atoms with E-state index in [1.807, 2.05) is 13.8 Å². The highest BCUT2D eigenvalue weighted by Gasteiger charge is 2.41. The molecule has 0 fully saturated rings. The number of nitrogens with one attached hydrogen (secondary N) is 1. The van der Waals surface area contributed by atoms with Gasteiger partial charge in [0.25, 0.3) is 5.91 Å². The van der Waals surface area contributed by atoms with Crippen molar-refractivity contribution in [3.63, 3.8) is 0 Å². The van der Waals surface area contributed by atoms with Crippen molar-refractivity contribution < 1.29 is 33.8 Å². The lowest BCUT2D eigenvalue weighted by Crippen LogP contribution is -2.48. The Kier molecular flexibility index (Phi) is 7.99. The lowest BCUT2D eigenvalue weighted by molar-refractivity contribution is -0.157. The van der Waals surface area contributed by atoms with Crippen molar-refractivity contribution in [1.29, 1.82) is 0 Å². The number of ether oxygens (including phenoxy) is 2. The number of aliphatic carboxylic acids is 1. The fourth-order valence-corrected chi connectivity index (χ4v) is 3.16. The summed E-state index contributed by atoms with van der Waals surface area (Å²) in [5, 5.41) is 12.4. The SMILES string of the molecule is Cc1ccc(C(=O)O[C@H](C(=O)O)[C@@H](OC(=O)c2ccc(C)cc2)C(=O)Nc2ccccc2C)cc1. The monoisotopic (exact) mass is 475 g/mol. The lowest BCUT2D eigenvalue weighted by atomic mass is 10.1. The molecule has 1 amide bonds. The first-order valence-corrected chi connectivity index (χ1v) is 10.8. The summed E-state index contributed by atoms with van der Waals surface area (Å²) in [4.78, 5) is 50.7. The van der Waals surface area contributed by atoms with E-state index in [-0.39, 0.29) is 11.1 Å². The molecule has 8 nitrogen and oxygen atoms in total. The molecule has 35 heavy (non-hydrogen) atoms. The van der Waals surface area contributed by atoms with Crippen LogP contribution < -0.4 is 5.32 Å². The average Bonchev–Trinajstić information content (AvgIpc) is 2.83. The molecule has 3 aromatic rings. The van der Waals surface area contributed by atoms with Crippen LogP contribution in [0.15, 0.2) is 72.8 Å². The van der Waals surface area contributed by atoms with Crippen LogP contribution in [-0.4, -0.2) is 41.1 Å². The molecule has 3 aromatic carbocycles. The molecular formula is C27H25NO7. The van der Waals surface area contributed by atoms with Gasteiger partial charge in [0, 0.05) is 5.69 Å². The Bertz CT molecular complexity index is 1230. The van der Waals surface area contributed by atoms with Crippen molar-refractivity contribution in [2.24, 2.45) is 0 Å². The number of hydrogen-bond donors (Lipinski definition) is 2. The normalized spacial score (nSPS) is 12.2. The van der Waals surface area contributed by atoms with Gasteiger partial charge in [0.1, 0.15) is 0 Å². The van der Waals surface area contributed by atoms with Gasteiger partial charge in [-0.1, -0.05) is 53.6 Å². The third-order valence-corrected chi connectivity index (χ3v) is 5.22. The number of esters is 2. The highest BCUT2D eigenvalue weighted by molar-refractivity contribution is 6.01. The van der Waals surface area contributed by atoms with E-state index in [9.17, 15) is 24.3 Å². The maximum absolute atomic E-state index is 13.2. The first-order valence-electron chi connectivity index (χ1n) is 10.8. The van der Waals surface area contributed by atoms with E-state index in [0.29, 0.717) is 11.3 Å². The van der Waals surface area contributed by atoms with Gasteiger partial charge in [0.2, 0.25) is 12.2 Å². The van der Waals surface area contributed by atoms with Gasteiger partial charge in [-0.2, -0.15) is 0 Å². The molecule has 0 aliphatic rings. The number of carboxylic acids is 1. The maximum atomic E-state index is 13.2. The zero-order chi connectivity index (χ0) is 25.5. The van der Waals surface area contributed by atoms with Crippen molar-refractivity contribution in [3.05, 3.63) is 101 Å². The summed E-state index contributed by atoms with van der Waals surface area (Å²) in [7, 11) is 0. The molecule has 0 heterocycles. The Morgan fingerprint density at radius 3 is 1.60 bits per heavy atom. The van der Waals surface area contributed by atoms with E-state index in [1.165, 1.54) is 24.3 Å². The van der Waals surface area contributed by atoms with Gasteiger partial charge >= 0.3 is 17.9 Å². The third kappa shape index (κ3) is 6.54. The molecule has 0 aliphatic carbocycles. The Hall–Kier alpha value is -4.46. The van der Waals surface area contributed by atoms with Crippen molar-refractivity contribution >= 4 is 29.5 Å². The van der Waals surface area contributed by atoms with Crippen molar-refractivity contribution in [3.8, 4) is 0 Å². The first kappa shape index (κ1) is 25.2. The van der Waals surface area contributed by atoms with Crippen molar-refractivity contribution in [2.75, 3.05) is 5.32 Å². The number of rotatable bonds is 8. The Morgan fingerprint density at radius 1 is 0.686 bits per heavy atom. The number of aryl methyl sites for hydroxylation is 3. The van der Waals surface area contributed by atoms with Gasteiger partial charge in [-0.25, -0.2) is 14.4 Å². The zero-order valence-electron chi connectivity index (χ0n) is 19.5. The minimum Gasteiger partial charge on any atom is -0.478 e. The van der Waals surface area contributed by atoms with Crippen LogP contribution in [0.1, 0.15) is 37.4 Å². The number of carboxylic acid groups (broad SMARTS) is 1. The number of carbonyl (C=O) groups is 4. The average molecular weight is 475 g/mol. The van der Waals surface area contributed by atoms with Crippen LogP contribution in [0.3, 0.4) is 0 Å². The molecule has 8 heteroatoms. The molecule has 0 saturated carbocycles. The fraction of sp³-hybridized carbons (Fsp3) is 0.185. The molecule has 0 bridgehead atoms. The molecule has 0 aromatic heterocycles. The molecule has 3 rings (SSSR count). The molecule has 0 spiro atoms. The number of para-hydroxylation sites is 1. The van der Waals surface area contributed by atoms with Gasteiger partial charge in [0.05, 0.1) is 11.1 Å². The van der Waals surface area contributed by atoms with E-state index >= 15 is 0 Å². The summed E-state index contributed by atoms with van der Waals surface area (Å²) >= 11 is 0. The Labute approximate surface area is 202 Å². The van der Waals surface area contributed by atoms with E-state index < -0.39 is 36.0 Å². The molecule has 180 valence electrons. The van der Waals surface area contributed by atoms with Gasteiger partial charge in [0.15, 0.2) is 0 Å². The summed E-state index contributed by atoms with van der Waals surface area (Å²) < 4.78 is 10.5. The van der Waals surface area contributed by atoms with Crippen LogP contribution in [0.2, 0.25) is 0 Å². The third-order valence-electron chi connectivity index (χ3n) is 5.22. The fourth-order valence-electron chi connectivity index (χ4n) is 3.16. The van der Waals surface area contributed by atoms with E-state index in [4.69, 9.17) is 9.47 Å². The largest absolute Gasteiger partial charge is 0.478 e. The number of carbonyl (C=O) groups excluding carboxylic acids is 3. The van der Waals surface area contributed by atoms with Crippen LogP contribution in [0.25, 0.3) is 0 Å². The smallest absolute Gasteiger partial charge is 0.349 e. The quantitative estimate of drug-likeness (QED) is 0.471. The van der Waals surface area contributed by atoms with Crippen LogP contribution in [0.5, 0.6) is 0 Å². The van der Waals surface area contributed by atoms with Crippen LogP contribution >= 0.6 is 0 Å². The van der Waals surface area contributed by atoms with Gasteiger partial charge in [-0.15, -0.1) is 0 Å². The summed E-state index contributed by atoms with van der Waals surface area (Å²) in [6.45, 7) is 5.40. The summed E-state index contributed by atoms with van der Waals surface area (Å²) in [5.74, 6) is -4.51. The van der Waals surface area contributed by atoms with Crippen molar-refractivity contribution in [2.45, 2.75) is 33.0 Å². The summed E-state index contributed by atoms with van der Waals surface area (Å²) in [6, 6.07) is 19.4. The van der Waals surface area contributed by atoms with E-state index in [2.05, 4.69) is 5.32 Å². The predicted molar refractivity (Wildman–Crippen MR) is 128 cm³/mol. The second-order valence-electron chi connectivity index (χ2n) is 8.03. The molecule has 0 radical (unpaired) electrons. The van der Waals surface area contributed by atoms with E-state index in [1.54, 1.807) is 55.5 Å². The minimum atomic E-state index is -2.10. The standard InChI is InChI=1S/C27H25NO7/c1-16-8-12-19(13-9-16)26(32)34-22(24(29)28-21-7-5-4-6-18(21)3)23(25(30)31)35-27(33)20-14-10-17(2)11-15-20/h4-15,22-23H,1-3H3,(H,28,29)(H,30,31)/t22-,23+/m1/s1. The second kappa shape index (κ2) is 11.1. The van der Waals surface area contributed by atoms with Gasteiger partial charge in [-0.3, -0.25) is 4.79 Å². The Balaban J connectivity index is 1.91. The molecule has 2 atom stereocenters. The summed E-state index contributed by atoms with van der Waals surface area (Å²) in [6.07, 6.45) is -4.06. The summed E-state index contributed by atoms with van der Waals surface area (Å²) in [5.41, 5.74) is 3.07.